The van der Waals surface area contributed by atoms with E-state index in [4.69, 9.17) is 20.8 Å². The first kappa shape index (κ1) is 21.7. The van der Waals surface area contributed by atoms with Crippen LogP contribution in [-0.4, -0.2) is 18.1 Å². The van der Waals surface area contributed by atoms with Gasteiger partial charge in [0.15, 0.2) is 5.76 Å². The van der Waals surface area contributed by atoms with E-state index in [1.54, 1.807) is 25.1 Å². The molecular weight excluding hydrogens is 423 g/mol. The Balaban J connectivity index is 1.70. The van der Waals surface area contributed by atoms with Crippen LogP contribution in [0.2, 0.25) is 5.02 Å². The van der Waals surface area contributed by atoms with Gasteiger partial charge in [-0.2, -0.15) is 13.2 Å². The number of aromatic nitrogens is 1. The highest BCUT2D eigenvalue weighted by Gasteiger charge is 2.30. The molecule has 5 nitrogen and oxygen atoms in total. The minimum atomic E-state index is -4.41. The van der Waals surface area contributed by atoms with Crippen LogP contribution in [0.5, 0.6) is 5.75 Å². The van der Waals surface area contributed by atoms with E-state index in [9.17, 15) is 18.0 Å². The second-order valence-corrected chi connectivity index (χ2v) is 6.82. The van der Waals surface area contributed by atoms with Crippen molar-refractivity contribution in [3.8, 4) is 17.2 Å². The van der Waals surface area contributed by atoms with Crippen LogP contribution in [0.1, 0.15) is 22.6 Å². The second-order valence-electron chi connectivity index (χ2n) is 6.41. The highest BCUT2D eigenvalue weighted by Crippen LogP contribution is 2.32. The fourth-order valence-corrected chi connectivity index (χ4v) is 2.90. The smallest absolute Gasteiger partial charge is 0.416 e. The first-order chi connectivity index (χ1) is 14.2. The molecule has 3 aromatic rings. The number of aryl methyl sites for hydroxylation is 1. The van der Waals surface area contributed by atoms with Gasteiger partial charge in [0.05, 0.1) is 29.8 Å². The Morgan fingerprint density at radius 2 is 1.87 bits per heavy atom. The molecule has 0 radical (unpaired) electrons. The summed E-state index contributed by atoms with van der Waals surface area (Å²) >= 11 is 6.20. The van der Waals surface area contributed by atoms with E-state index in [1.165, 1.54) is 19.2 Å². The molecule has 0 saturated heterocycles. The van der Waals surface area contributed by atoms with Crippen LogP contribution < -0.4 is 4.74 Å². The Bertz CT molecular complexity index is 1050. The molecule has 0 unspecified atom stereocenters. The lowest BCUT2D eigenvalue weighted by Gasteiger charge is -2.08. The molecule has 0 spiro atoms. The summed E-state index contributed by atoms with van der Waals surface area (Å²) in [6.45, 7) is 1.73. The summed E-state index contributed by atoms with van der Waals surface area (Å²) in [6, 6.07) is 9.48. The maximum absolute atomic E-state index is 12.7. The van der Waals surface area contributed by atoms with Gasteiger partial charge in [-0.3, -0.25) is 4.79 Å². The number of alkyl halides is 3. The van der Waals surface area contributed by atoms with Gasteiger partial charge in [0, 0.05) is 5.56 Å². The van der Waals surface area contributed by atoms with Crippen molar-refractivity contribution in [3.05, 3.63) is 70.1 Å². The SMILES string of the molecule is COC(=O)Cc1ccc(OCc2oc(-c3ccc(C(F)(F)F)cc3)nc2C)c(Cl)c1. The van der Waals surface area contributed by atoms with E-state index in [1.807, 2.05) is 0 Å². The van der Waals surface area contributed by atoms with Crippen LogP contribution in [0.3, 0.4) is 0 Å². The fourth-order valence-electron chi connectivity index (χ4n) is 2.64. The number of halogens is 4. The summed E-state index contributed by atoms with van der Waals surface area (Å²) in [7, 11) is 1.31. The number of methoxy groups -OCH3 is 1. The van der Waals surface area contributed by atoms with Gasteiger partial charge in [0.2, 0.25) is 5.89 Å². The Kier molecular flexibility index (Phi) is 6.36. The molecule has 0 amide bonds. The molecule has 0 N–H and O–H groups in total. The van der Waals surface area contributed by atoms with Gasteiger partial charge in [-0.1, -0.05) is 17.7 Å². The Morgan fingerprint density at radius 3 is 2.47 bits per heavy atom. The average Bonchev–Trinajstić information content (AvgIpc) is 3.07. The molecule has 1 heterocycles. The number of hydrogen-bond donors (Lipinski definition) is 0. The van der Waals surface area contributed by atoms with E-state index >= 15 is 0 Å². The fraction of sp³-hybridized carbons (Fsp3) is 0.238. The van der Waals surface area contributed by atoms with E-state index in [0.717, 1.165) is 12.1 Å². The van der Waals surface area contributed by atoms with Crippen LogP contribution >= 0.6 is 11.6 Å². The van der Waals surface area contributed by atoms with Crippen molar-refractivity contribution in [1.29, 1.82) is 0 Å². The van der Waals surface area contributed by atoms with Crippen LogP contribution in [0.15, 0.2) is 46.9 Å². The largest absolute Gasteiger partial charge is 0.484 e. The van der Waals surface area contributed by atoms with Crippen molar-refractivity contribution in [2.45, 2.75) is 26.1 Å². The molecule has 0 fully saturated rings. The van der Waals surface area contributed by atoms with Gasteiger partial charge in [-0.05, 0) is 48.9 Å². The Morgan fingerprint density at radius 1 is 1.17 bits per heavy atom. The number of ether oxygens (including phenoxy) is 2. The normalized spacial score (nSPS) is 11.4. The summed E-state index contributed by atoms with van der Waals surface area (Å²) < 4.78 is 54.0. The van der Waals surface area contributed by atoms with Crippen LogP contribution in [0, 0.1) is 6.92 Å². The summed E-state index contributed by atoms with van der Waals surface area (Å²) in [5.74, 6) is 0.615. The molecule has 1 aromatic heterocycles. The van der Waals surface area contributed by atoms with Crippen molar-refractivity contribution in [3.63, 3.8) is 0 Å². The summed E-state index contributed by atoms with van der Waals surface area (Å²) in [6.07, 6.45) is -4.32. The van der Waals surface area contributed by atoms with E-state index in [2.05, 4.69) is 9.72 Å². The lowest BCUT2D eigenvalue weighted by Crippen LogP contribution is -2.04. The highest BCUT2D eigenvalue weighted by atomic mass is 35.5. The molecule has 3 rings (SSSR count). The molecular formula is C21H17ClF3NO4. The molecule has 0 saturated carbocycles. The molecule has 0 aliphatic heterocycles. The van der Waals surface area contributed by atoms with Crippen molar-refractivity contribution in [2.24, 2.45) is 0 Å². The molecule has 0 aliphatic carbocycles. The number of esters is 1. The maximum atomic E-state index is 12.7. The molecule has 0 atom stereocenters. The topological polar surface area (TPSA) is 61.6 Å². The number of carbonyl (C=O) groups excluding carboxylic acids is 1. The quantitative estimate of drug-likeness (QED) is 0.467. The minimum Gasteiger partial charge on any atom is -0.484 e. The van der Waals surface area contributed by atoms with Crippen LogP contribution in [0.4, 0.5) is 13.2 Å². The van der Waals surface area contributed by atoms with Gasteiger partial charge in [0.1, 0.15) is 12.4 Å². The minimum absolute atomic E-state index is 0.0233. The number of hydrogen-bond acceptors (Lipinski definition) is 5. The predicted octanol–water partition coefficient (Wildman–Crippen LogP) is 5.62. The standard InChI is InChI=1S/C21H17ClF3NO4/c1-12-18(11-29-17-8-3-13(9-16(17)22)10-19(27)28-2)30-20(26-12)14-4-6-15(7-5-14)21(23,24)25/h3-9H,10-11H2,1-2H3. The molecule has 0 bridgehead atoms. The lowest BCUT2D eigenvalue weighted by atomic mass is 10.1. The zero-order chi connectivity index (χ0) is 21.9. The first-order valence-electron chi connectivity index (χ1n) is 8.79. The van der Waals surface area contributed by atoms with Crippen molar-refractivity contribution >= 4 is 17.6 Å². The zero-order valence-corrected chi connectivity index (χ0v) is 16.8. The van der Waals surface area contributed by atoms with E-state index in [-0.39, 0.29) is 24.9 Å². The third-order valence-corrected chi connectivity index (χ3v) is 4.58. The molecule has 2 aromatic carbocycles. The number of oxazole rings is 1. The number of benzene rings is 2. The molecule has 9 heteroatoms. The Hall–Kier alpha value is -3.00. The van der Waals surface area contributed by atoms with Crippen molar-refractivity contribution in [2.75, 3.05) is 7.11 Å². The monoisotopic (exact) mass is 439 g/mol. The van der Waals surface area contributed by atoms with E-state index < -0.39 is 11.7 Å². The zero-order valence-electron chi connectivity index (χ0n) is 16.0. The summed E-state index contributed by atoms with van der Waals surface area (Å²) in [5, 5.41) is 0.316. The summed E-state index contributed by atoms with van der Waals surface area (Å²) in [4.78, 5) is 15.6. The first-order valence-corrected chi connectivity index (χ1v) is 9.17. The second kappa shape index (κ2) is 8.79. The van der Waals surface area contributed by atoms with Gasteiger partial charge < -0.3 is 13.9 Å². The van der Waals surface area contributed by atoms with Gasteiger partial charge in [-0.25, -0.2) is 4.98 Å². The third-order valence-electron chi connectivity index (χ3n) is 4.28. The number of carbonyl (C=O) groups is 1. The Labute approximate surface area is 175 Å². The molecule has 0 aliphatic rings. The van der Waals surface area contributed by atoms with Crippen LogP contribution in [-0.2, 0) is 28.7 Å². The number of rotatable bonds is 6. The van der Waals surface area contributed by atoms with Crippen LogP contribution in [0.25, 0.3) is 11.5 Å². The van der Waals surface area contributed by atoms with Crippen molar-refractivity contribution in [1.82, 2.24) is 4.98 Å². The van der Waals surface area contributed by atoms with Crippen molar-refractivity contribution < 1.29 is 31.9 Å². The van der Waals surface area contributed by atoms with E-state index in [0.29, 0.717) is 33.4 Å². The van der Waals surface area contributed by atoms with Gasteiger partial charge >= 0.3 is 12.1 Å². The number of nitrogens with zero attached hydrogens (tertiary/aromatic N) is 1. The van der Waals surface area contributed by atoms with Gasteiger partial charge in [-0.15, -0.1) is 0 Å². The maximum Gasteiger partial charge on any atom is 0.416 e. The lowest BCUT2D eigenvalue weighted by molar-refractivity contribution is -0.140. The molecule has 158 valence electrons. The predicted molar refractivity (Wildman–Crippen MR) is 103 cm³/mol. The average molecular weight is 440 g/mol. The third kappa shape index (κ3) is 5.13. The summed E-state index contributed by atoms with van der Waals surface area (Å²) in [5.41, 5.74) is 0.897. The molecule has 30 heavy (non-hydrogen) atoms. The van der Waals surface area contributed by atoms with Gasteiger partial charge in [0.25, 0.3) is 0 Å². The highest BCUT2D eigenvalue weighted by molar-refractivity contribution is 6.32.